The minimum Gasteiger partial charge on any atom is -0.363 e. The smallest absolute Gasteiger partial charge is 0.227 e. The number of nitrogens with zero attached hydrogens (tertiary/aromatic N) is 5. The van der Waals surface area contributed by atoms with Crippen molar-refractivity contribution in [3.63, 3.8) is 0 Å². The third-order valence-corrected chi connectivity index (χ3v) is 5.41. The summed E-state index contributed by atoms with van der Waals surface area (Å²) in [4.78, 5) is 28.0. The van der Waals surface area contributed by atoms with Crippen LogP contribution in [0.15, 0.2) is 12.3 Å². The molecule has 23 heavy (non-hydrogen) atoms. The maximum absolute atomic E-state index is 12.7. The molecule has 0 N–H and O–H groups in total. The summed E-state index contributed by atoms with van der Waals surface area (Å²) in [5.41, 5.74) is 0. The Bertz CT molecular complexity index is 547. The summed E-state index contributed by atoms with van der Waals surface area (Å²) in [7, 11) is 3.95. The molecule has 0 aromatic carbocycles. The van der Waals surface area contributed by atoms with E-state index in [0.29, 0.717) is 5.91 Å². The maximum Gasteiger partial charge on any atom is 0.227 e. The van der Waals surface area contributed by atoms with E-state index in [9.17, 15) is 4.79 Å². The topological polar surface area (TPSA) is 52.6 Å². The van der Waals surface area contributed by atoms with Gasteiger partial charge in [-0.05, 0) is 18.9 Å². The fourth-order valence-corrected chi connectivity index (χ4v) is 4.05. The molecule has 1 aromatic rings. The van der Waals surface area contributed by atoms with Crippen LogP contribution in [0.25, 0.3) is 0 Å². The standard InChI is InChI=1S/C16H25N5OS/c1-19(2)14-5-6-17-16(18-14)21-7-3-4-13(12-21)15(22)20-8-10-23-11-9-20/h5-6,13H,3-4,7-12H2,1-2H3. The van der Waals surface area contributed by atoms with Gasteiger partial charge in [0.25, 0.3) is 0 Å². The van der Waals surface area contributed by atoms with Gasteiger partial charge in [-0.25, -0.2) is 4.98 Å². The predicted molar refractivity (Wildman–Crippen MR) is 95.2 cm³/mol. The van der Waals surface area contributed by atoms with Gasteiger partial charge in [-0.1, -0.05) is 0 Å². The minimum absolute atomic E-state index is 0.0819. The van der Waals surface area contributed by atoms with Crippen LogP contribution >= 0.6 is 11.8 Å². The van der Waals surface area contributed by atoms with E-state index in [1.54, 1.807) is 6.20 Å². The Hall–Kier alpha value is -1.50. The lowest BCUT2D eigenvalue weighted by Crippen LogP contribution is -2.47. The normalized spacial score (nSPS) is 22.1. The lowest BCUT2D eigenvalue weighted by molar-refractivity contribution is -0.135. The van der Waals surface area contributed by atoms with Gasteiger partial charge >= 0.3 is 0 Å². The molecule has 1 amide bonds. The molecule has 1 aromatic heterocycles. The predicted octanol–water partition coefficient (Wildman–Crippen LogP) is 1.33. The molecule has 1 unspecified atom stereocenters. The van der Waals surface area contributed by atoms with Crippen LogP contribution in [-0.2, 0) is 4.79 Å². The number of carbonyl (C=O) groups is 1. The number of piperidine rings is 1. The van der Waals surface area contributed by atoms with Crippen molar-refractivity contribution in [1.82, 2.24) is 14.9 Å². The zero-order valence-electron chi connectivity index (χ0n) is 13.9. The maximum atomic E-state index is 12.7. The molecule has 126 valence electrons. The Kier molecular flexibility index (Phi) is 5.25. The fourth-order valence-electron chi connectivity index (χ4n) is 3.14. The second-order valence-electron chi connectivity index (χ2n) is 6.33. The quantitative estimate of drug-likeness (QED) is 0.831. The van der Waals surface area contributed by atoms with E-state index in [2.05, 4.69) is 14.9 Å². The van der Waals surface area contributed by atoms with Crippen LogP contribution < -0.4 is 9.80 Å². The van der Waals surface area contributed by atoms with Gasteiger partial charge in [0, 0.05) is 58.0 Å². The Morgan fingerprint density at radius 2 is 2.09 bits per heavy atom. The molecule has 3 rings (SSSR count). The molecule has 0 aliphatic carbocycles. The first kappa shape index (κ1) is 16.4. The van der Waals surface area contributed by atoms with E-state index < -0.39 is 0 Å². The molecular weight excluding hydrogens is 310 g/mol. The van der Waals surface area contributed by atoms with Crippen molar-refractivity contribution < 1.29 is 4.79 Å². The summed E-state index contributed by atoms with van der Waals surface area (Å²) in [6.45, 7) is 3.45. The van der Waals surface area contributed by atoms with Gasteiger partial charge in [-0.3, -0.25) is 4.79 Å². The van der Waals surface area contributed by atoms with Crippen molar-refractivity contribution in [3.8, 4) is 0 Å². The van der Waals surface area contributed by atoms with Crippen LogP contribution in [0, 0.1) is 5.92 Å². The average molecular weight is 335 g/mol. The lowest BCUT2D eigenvalue weighted by Gasteiger charge is -2.36. The van der Waals surface area contributed by atoms with Gasteiger partial charge < -0.3 is 14.7 Å². The highest BCUT2D eigenvalue weighted by Gasteiger charge is 2.31. The van der Waals surface area contributed by atoms with E-state index in [-0.39, 0.29) is 5.92 Å². The first-order valence-corrected chi connectivity index (χ1v) is 9.42. The van der Waals surface area contributed by atoms with E-state index in [4.69, 9.17) is 0 Å². The molecule has 7 heteroatoms. The molecule has 0 spiro atoms. The second-order valence-corrected chi connectivity index (χ2v) is 7.56. The molecule has 2 saturated heterocycles. The molecule has 2 fully saturated rings. The van der Waals surface area contributed by atoms with Crippen LogP contribution in [-0.4, -0.2) is 72.6 Å². The van der Waals surface area contributed by atoms with Crippen molar-refractivity contribution >= 4 is 29.4 Å². The van der Waals surface area contributed by atoms with Crippen LogP contribution in [0.3, 0.4) is 0 Å². The monoisotopic (exact) mass is 335 g/mol. The molecule has 2 aliphatic rings. The largest absolute Gasteiger partial charge is 0.363 e. The molecule has 6 nitrogen and oxygen atoms in total. The van der Waals surface area contributed by atoms with Crippen molar-refractivity contribution in [2.75, 3.05) is 61.6 Å². The Balaban J connectivity index is 1.68. The summed E-state index contributed by atoms with van der Waals surface area (Å²) in [6, 6.07) is 1.90. The fraction of sp³-hybridized carbons (Fsp3) is 0.688. The summed E-state index contributed by atoms with van der Waals surface area (Å²) < 4.78 is 0. The lowest BCUT2D eigenvalue weighted by atomic mass is 9.96. The van der Waals surface area contributed by atoms with E-state index in [1.165, 1.54) is 0 Å². The van der Waals surface area contributed by atoms with Gasteiger partial charge in [0.05, 0.1) is 5.92 Å². The van der Waals surface area contributed by atoms with E-state index in [0.717, 1.165) is 62.3 Å². The van der Waals surface area contributed by atoms with Gasteiger partial charge in [0.2, 0.25) is 11.9 Å². The number of hydrogen-bond donors (Lipinski definition) is 0. The first-order valence-electron chi connectivity index (χ1n) is 8.27. The Labute approximate surface area is 142 Å². The van der Waals surface area contributed by atoms with Crippen LogP contribution in [0.1, 0.15) is 12.8 Å². The summed E-state index contributed by atoms with van der Waals surface area (Å²) in [5, 5.41) is 0. The van der Waals surface area contributed by atoms with Gasteiger partial charge in [0.1, 0.15) is 5.82 Å². The first-order chi connectivity index (χ1) is 11.1. The number of aromatic nitrogens is 2. The average Bonchev–Trinajstić information content (AvgIpc) is 2.62. The zero-order chi connectivity index (χ0) is 16.2. The van der Waals surface area contributed by atoms with E-state index in [1.807, 2.05) is 41.7 Å². The summed E-state index contributed by atoms with van der Waals surface area (Å²) in [6.07, 6.45) is 3.80. The van der Waals surface area contributed by atoms with E-state index >= 15 is 0 Å². The van der Waals surface area contributed by atoms with Crippen molar-refractivity contribution in [3.05, 3.63) is 12.3 Å². The third-order valence-electron chi connectivity index (χ3n) is 4.46. The second kappa shape index (κ2) is 7.38. The Morgan fingerprint density at radius 1 is 1.30 bits per heavy atom. The van der Waals surface area contributed by atoms with Gasteiger partial charge in [0.15, 0.2) is 0 Å². The highest BCUT2D eigenvalue weighted by molar-refractivity contribution is 7.99. The van der Waals surface area contributed by atoms with Crippen LogP contribution in [0.5, 0.6) is 0 Å². The minimum atomic E-state index is 0.0819. The van der Waals surface area contributed by atoms with Crippen LogP contribution in [0.2, 0.25) is 0 Å². The van der Waals surface area contributed by atoms with Gasteiger partial charge in [-0.15, -0.1) is 0 Å². The molecule has 1 atom stereocenters. The number of rotatable bonds is 3. The molecule has 0 saturated carbocycles. The van der Waals surface area contributed by atoms with Gasteiger partial charge in [-0.2, -0.15) is 16.7 Å². The van der Waals surface area contributed by atoms with Crippen LogP contribution in [0.4, 0.5) is 11.8 Å². The van der Waals surface area contributed by atoms with Crippen molar-refractivity contribution in [2.45, 2.75) is 12.8 Å². The third kappa shape index (κ3) is 3.88. The molecular formula is C16H25N5OS. The SMILES string of the molecule is CN(C)c1ccnc(N2CCCC(C(=O)N3CCSCC3)C2)n1. The molecule has 0 radical (unpaired) electrons. The Morgan fingerprint density at radius 3 is 2.83 bits per heavy atom. The summed E-state index contributed by atoms with van der Waals surface area (Å²) in [5.74, 6) is 4.17. The molecule has 2 aliphatic heterocycles. The number of amides is 1. The zero-order valence-corrected chi connectivity index (χ0v) is 14.8. The highest BCUT2D eigenvalue weighted by atomic mass is 32.2. The highest BCUT2D eigenvalue weighted by Crippen LogP contribution is 2.24. The molecule has 3 heterocycles. The number of anilines is 2. The van der Waals surface area contributed by atoms with Crippen molar-refractivity contribution in [1.29, 1.82) is 0 Å². The number of thioether (sulfide) groups is 1. The molecule has 0 bridgehead atoms. The van der Waals surface area contributed by atoms with Crippen molar-refractivity contribution in [2.24, 2.45) is 5.92 Å². The number of hydrogen-bond acceptors (Lipinski definition) is 6. The number of carbonyl (C=O) groups excluding carboxylic acids is 1. The summed E-state index contributed by atoms with van der Waals surface area (Å²) >= 11 is 1.94.